The van der Waals surface area contributed by atoms with Gasteiger partial charge in [0, 0.05) is 11.6 Å². The molecule has 16 heavy (non-hydrogen) atoms. The number of benzene rings is 1. The second-order valence-corrected chi connectivity index (χ2v) is 4.63. The molecule has 0 aliphatic carbocycles. The number of hydrogen-bond donors (Lipinski definition) is 1. The van der Waals surface area contributed by atoms with Crippen LogP contribution in [0.3, 0.4) is 0 Å². The van der Waals surface area contributed by atoms with Crippen molar-refractivity contribution in [3.63, 3.8) is 0 Å². The summed E-state index contributed by atoms with van der Waals surface area (Å²) in [6.07, 6.45) is 5.73. The van der Waals surface area contributed by atoms with E-state index in [9.17, 15) is 0 Å². The number of rotatable bonds is 2. The largest absolute Gasteiger partial charge is 0.313 e. The minimum absolute atomic E-state index is 0.838. The standard InChI is InChI=1S/C14H18ClN/c1-2-11-5-6-13(15)10-14(11)12-4-3-8-16-9-7-12/h5-7,10,16H,2-4,8-9H2,1H3. The molecule has 0 aromatic heterocycles. The Labute approximate surface area is 103 Å². The smallest absolute Gasteiger partial charge is 0.0412 e. The zero-order chi connectivity index (χ0) is 11.4. The molecular weight excluding hydrogens is 218 g/mol. The van der Waals surface area contributed by atoms with Crippen molar-refractivity contribution in [2.24, 2.45) is 0 Å². The minimum atomic E-state index is 0.838. The SMILES string of the molecule is CCc1ccc(Cl)cc1C1=CCNCCC1. The van der Waals surface area contributed by atoms with E-state index in [2.05, 4.69) is 30.4 Å². The summed E-state index contributed by atoms with van der Waals surface area (Å²) in [6, 6.07) is 6.24. The maximum absolute atomic E-state index is 6.09. The van der Waals surface area contributed by atoms with E-state index in [1.165, 1.54) is 23.1 Å². The average Bonchev–Trinajstić information content (AvgIpc) is 2.57. The molecule has 1 N–H and O–H groups in total. The molecule has 0 fully saturated rings. The van der Waals surface area contributed by atoms with Crippen molar-refractivity contribution in [2.45, 2.75) is 26.2 Å². The second kappa shape index (κ2) is 5.51. The average molecular weight is 236 g/mol. The first-order valence-electron chi connectivity index (χ1n) is 6.00. The molecule has 1 heterocycles. The van der Waals surface area contributed by atoms with E-state index in [0.717, 1.165) is 31.0 Å². The number of nitrogens with one attached hydrogen (secondary N) is 1. The van der Waals surface area contributed by atoms with Crippen LogP contribution >= 0.6 is 11.6 Å². The molecule has 2 heteroatoms. The van der Waals surface area contributed by atoms with E-state index in [4.69, 9.17) is 11.6 Å². The topological polar surface area (TPSA) is 12.0 Å². The molecule has 1 aliphatic rings. The van der Waals surface area contributed by atoms with Gasteiger partial charge >= 0.3 is 0 Å². The van der Waals surface area contributed by atoms with E-state index < -0.39 is 0 Å². The van der Waals surface area contributed by atoms with Crippen molar-refractivity contribution in [1.82, 2.24) is 5.32 Å². The molecule has 1 nitrogen and oxygen atoms in total. The van der Waals surface area contributed by atoms with Crippen LogP contribution in [0.25, 0.3) is 5.57 Å². The van der Waals surface area contributed by atoms with E-state index in [0.29, 0.717) is 0 Å². The fourth-order valence-electron chi connectivity index (χ4n) is 2.20. The van der Waals surface area contributed by atoms with Gasteiger partial charge in [-0.1, -0.05) is 30.7 Å². The molecule has 1 aromatic rings. The zero-order valence-corrected chi connectivity index (χ0v) is 10.5. The Hall–Kier alpha value is -0.790. The van der Waals surface area contributed by atoms with E-state index in [1.54, 1.807) is 0 Å². The molecule has 0 spiro atoms. The summed E-state index contributed by atoms with van der Waals surface area (Å²) < 4.78 is 0. The summed E-state index contributed by atoms with van der Waals surface area (Å²) in [5, 5.41) is 4.23. The highest BCUT2D eigenvalue weighted by Gasteiger charge is 2.09. The van der Waals surface area contributed by atoms with Crippen molar-refractivity contribution < 1.29 is 0 Å². The molecule has 0 bridgehead atoms. The predicted molar refractivity (Wildman–Crippen MR) is 70.9 cm³/mol. The molecule has 86 valence electrons. The summed E-state index contributed by atoms with van der Waals surface area (Å²) >= 11 is 6.09. The number of allylic oxidation sites excluding steroid dienone is 1. The van der Waals surface area contributed by atoms with Crippen LogP contribution in [0.15, 0.2) is 24.3 Å². The third-order valence-corrected chi connectivity index (χ3v) is 3.33. The van der Waals surface area contributed by atoms with Gasteiger partial charge in [0.2, 0.25) is 0 Å². The highest BCUT2D eigenvalue weighted by Crippen LogP contribution is 2.27. The predicted octanol–water partition coefficient (Wildman–Crippen LogP) is 3.67. The summed E-state index contributed by atoms with van der Waals surface area (Å²) in [5.74, 6) is 0. The Balaban J connectivity index is 2.36. The van der Waals surface area contributed by atoms with Gasteiger partial charge in [-0.05, 0) is 54.6 Å². The third-order valence-electron chi connectivity index (χ3n) is 3.09. The number of halogens is 1. The van der Waals surface area contributed by atoms with Crippen LogP contribution in [-0.4, -0.2) is 13.1 Å². The van der Waals surface area contributed by atoms with Crippen molar-refractivity contribution in [1.29, 1.82) is 0 Å². The van der Waals surface area contributed by atoms with Crippen LogP contribution in [0.5, 0.6) is 0 Å². The van der Waals surface area contributed by atoms with Gasteiger partial charge < -0.3 is 5.32 Å². The lowest BCUT2D eigenvalue weighted by atomic mass is 9.95. The first-order chi connectivity index (χ1) is 7.81. The lowest BCUT2D eigenvalue weighted by Gasteiger charge is -2.11. The summed E-state index contributed by atoms with van der Waals surface area (Å²) in [5.41, 5.74) is 4.20. The minimum Gasteiger partial charge on any atom is -0.313 e. The van der Waals surface area contributed by atoms with E-state index in [1.807, 2.05) is 6.07 Å². The Kier molecular flexibility index (Phi) is 4.03. The molecule has 0 amide bonds. The molecular formula is C14H18ClN. The van der Waals surface area contributed by atoms with Gasteiger partial charge in [0.05, 0.1) is 0 Å². The van der Waals surface area contributed by atoms with Gasteiger partial charge in [0.1, 0.15) is 0 Å². The zero-order valence-electron chi connectivity index (χ0n) is 9.72. The molecule has 0 atom stereocenters. The lowest BCUT2D eigenvalue weighted by molar-refractivity contribution is 0.723. The molecule has 0 radical (unpaired) electrons. The van der Waals surface area contributed by atoms with Crippen LogP contribution in [0.2, 0.25) is 5.02 Å². The Morgan fingerprint density at radius 2 is 2.25 bits per heavy atom. The summed E-state index contributed by atoms with van der Waals surface area (Å²) in [7, 11) is 0. The molecule has 2 rings (SSSR count). The lowest BCUT2D eigenvalue weighted by Crippen LogP contribution is -2.12. The van der Waals surface area contributed by atoms with Crippen LogP contribution in [0, 0.1) is 0 Å². The van der Waals surface area contributed by atoms with Crippen molar-refractivity contribution >= 4 is 17.2 Å². The van der Waals surface area contributed by atoms with Crippen LogP contribution in [0.4, 0.5) is 0 Å². The van der Waals surface area contributed by atoms with Gasteiger partial charge in [0.15, 0.2) is 0 Å². The van der Waals surface area contributed by atoms with Crippen LogP contribution in [0.1, 0.15) is 30.9 Å². The fourth-order valence-corrected chi connectivity index (χ4v) is 2.38. The Bertz CT molecular complexity index is 396. The molecule has 1 aliphatic heterocycles. The van der Waals surface area contributed by atoms with Gasteiger partial charge in [0.25, 0.3) is 0 Å². The third kappa shape index (κ3) is 2.66. The Morgan fingerprint density at radius 3 is 3.06 bits per heavy atom. The molecule has 1 aromatic carbocycles. The van der Waals surface area contributed by atoms with Crippen molar-refractivity contribution in [2.75, 3.05) is 13.1 Å². The van der Waals surface area contributed by atoms with Gasteiger partial charge in [-0.25, -0.2) is 0 Å². The number of hydrogen-bond acceptors (Lipinski definition) is 1. The first-order valence-corrected chi connectivity index (χ1v) is 6.37. The maximum Gasteiger partial charge on any atom is 0.0412 e. The molecule has 0 unspecified atom stereocenters. The van der Waals surface area contributed by atoms with Crippen molar-refractivity contribution in [3.05, 3.63) is 40.4 Å². The quantitative estimate of drug-likeness (QED) is 0.825. The van der Waals surface area contributed by atoms with Gasteiger partial charge in [-0.2, -0.15) is 0 Å². The van der Waals surface area contributed by atoms with Crippen LogP contribution < -0.4 is 5.32 Å². The second-order valence-electron chi connectivity index (χ2n) is 4.19. The van der Waals surface area contributed by atoms with Crippen LogP contribution in [-0.2, 0) is 6.42 Å². The van der Waals surface area contributed by atoms with Crippen molar-refractivity contribution in [3.8, 4) is 0 Å². The highest BCUT2D eigenvalue weighted by atomic mass is 35.5. The molecule has 0 saturated heterocycles. The van der Waals surface area contributed by atoms with Gasteiger partial charge in [-0.15, -0.1) is 0 Å². The monoisotopic (exact) mass is 235 g/mol. The van der Waals surface area contributed by atoms with Gasteiger partial charge in [-0.3, -0.25) is 0 Å². The van der Waals surface area contributed by atoms with E-state index in [-0.39, 0.29) is 0 Å². The maximum atomic E-state index is 6.09. The fraction of sp³-hybridized carbons (Fsp3) is 0.429. The summed E-state index contributed by atoms with van der Waals surface area (Å²) in [4.78, 5) is 0. The molecule has 0 saturated carbocycles. The summed E-state index contributed by atoms with van der Waals surface area (Å²) in [6.45, 7) is 4.29. The van der Waals surface area contributed by atoms with E-state index >= 15 is 0 Å². The first kappa shape index (κ1) is 11.7. The normalized spacial score (nSPS) is 16.8. The number of aryl methyl sites for hydroxylation is 1. The highest BCUT2D eigenvalue weighted by molar-refractivity contribution is 6.30. The Morgan fingerprint density at radius 1 is 1.38 bits per heavy atom.